The zero-order valence-electron chi connectivity index (χ0n) is 16.5. The molecule has 0 radical (unpaired) electrons. The maximum atomic E-state index is 12.9. The summed E-state index contributed by atoms with van der Waals surface area (Å²) in [5, 5.41) is 6.84. The van der Waals surface area contributed by atoms with Crippen molar-refractivity contribution in [3.05, 3.63) is 82.8 Å². The number of hydrogen-bond donors (Lipinski definition) is 2. The van der Waals surface area contributed by atoms with Crippen molar-refractivity contribution in [1.29, 1.82) is 0 Å². The molecule has 0 unspecified atom stereocenters. The maximum absolute atomic E-state index is 12.9. The van der Waals surface area contributed by atoms with Gasteiger partial charge in [0.25, 0.3) is 0 Å². The Bertz CT molecular complexity index is 1190. The van der Waals surface area contributed by atoms with Crippen molar-refractivity contribution in [3.63, 3.8) is 0 Å². The number of carbonyl (C=O) groups excluding carboxylic acids is 2. The highest BCUT2D eigenvalue weighted by atomic mass is 35.5. The van der Waals surface area contributed by atoms with Crippen LogP contribution in [0.1, 0.15) is 6.42 Å². The molecule has 0 saturated carbocycles. The van der Waals surface area contributed by atoms with Crippen LogP contribution in [0.25, 0.3) is 0 Å². The van der Waals surface area contributed by atoms with Gasteiger partial charge in [0, 0.05) is 22.7 Å². The van der Waals surface area contributed by atoms with Crippen LogP contribution in [0.15, 0.2) is 77.7 Å². The van der Waals surface area contributed by atoms with Crippen molar-refractivity contribution in [2.24, 2.45) is 0 Å². The number of nitrogens with zero attached hydrogens (tertiary/aromatic N) is 1. The minimum absolute atomic E-state index is 0.107. The third-order valence-electron chi connectivity index (χ3n) is 4.67. The smallest absolute Gasteiger partial charge is 0.247 e. The SMILES string of the molecule is O=C1C[C@H](Sc2cccc(NC(=S)Nc3ccccc3)c2)C(=O)N1c1ccc(Cl)c(Cl)c1. The van der Waals surface area contributed by atoms with E-state index in [1.807, 2.05) is 54.6 Å². The molecule has 1 aliphatic heterocycles. The summed E-state index contributed by atoms with van der Waals surface area (Å²) >= 11 is 18.7. The number of imide groups is 1. The lowest BCUT2D eigenvalue weighted by molar-refractivity contribution is -0.121. The first-order valence-corrected chi connectivity index (χ1v) is 11.7. The summed E-state index contributed by atoms with van der Waals surface area (Å²) in [6, 6.07) is 21.9. The normalized spacial score (nSPS) is 15.7. The van der Waals surface area contributed by atoms with Crippen molar-refractivity contribution in [2.75, 3.05) is 15.5 Å². The zero-order chi connectivity index (χ0) is 22.7. The molecule has 5 nitrogen and oxygen atoms in total. The molecule has 2 amide bonds. The van der Waals surface area contributed by atoms with Crippen molar-refractivity contribution >= 4 is 81.2 Å². The number of hydrogen-bond acceptors (Lipinski definition) is 4. The third-order valence-corrected chi connectivity index (χ3v) is 6.79. The van der Waals surface area contributed by atoms with Crippen LogP contribution < -0.4 is 15.5 Å². The molecule has 1 atom stereocenters. The molecule has 9 heteroatoms. The van der Waals surface area contributed by atoms with E-state index in [4.69, 9.17) is 35.4 Å². The third kappa shape index (κ3) is 5.24. The standard InChI is InChI=1S/C23H17Cl2N3O2S2/c24-18-10-9-16(12-19(18)25)28-21(29)13-20(22(28)30)32-17-8-4-7-15(11-17)27-23(31)26-14-5-2-1-3-6-14/h1-12,20H,13H2,(H2,26,27,31)/t20-/m0/s1. The van der Waals surface area contributed by atoms with Gasteiger partial charge in [-0.25, -0.2) is 4.90 Å². The van der Waals surface area contributed by atoms with Gasteiger partial charge < -0.3 is 10.6 Å². The molecule has 0 spiro atoms. The number of thioether (sulfide) groups is 1. The van der Waals surface area contributed by atoms with Crippen LogP contribution in [-0.2, 0) is 9.59 Å². The molecule has 3 aromatic rings. The van der Waals surface area contributed by atoms with Crippen LogP contribution in [-0.4, -0.2) is 22.2 Å². The molecule has 2 N–H and O–H groups in total. The number of rotatable bonds is 5. The summed E-state index contributed by atoms with van der Waals surface area (Å²) in [7, 11) is 0. The minimum atomic E-state index is -0.526. The second-order valence-electron chi connectivity index (χ2n) is 6.95. The van der Waals surface area contributed by atoms with Crippen LogP contribution >= 0.6 is 47.2 Å². The first kappa shape index (κ1) is 22.6. The Balaban J connectivity index is 1.43. The van der Waals surface area contributed by atoms with Gasteiger partial charge in [0.2, 0.25) is 11.8 Å². The Morgan fingerprint density at radius 1 is 0.906 bits per heavy atom. The van der Waals surface area contributed by atoms with Crippen LogP contribution in [0, 0.1) is 0 Å². The molecule has 1 saturated heterocycles. The van der Waals surface area contributed by atoms with Gasteiger partial charge in [-0.3, -0.25) is 9.59 Å². The monoisotopic (exact) mass is 501 g/mol. The Morgan fingerprint density at radius 2 is 1.62 bits per heavy atom. The molecule has 1 aliphatic rings. The lowest BCUT2D eigenvalue weighted by atomic mass is 10.3. The molecule has 0 bridgehead atoms. The summed E-state index contributed by atoms with van der Waals surface area (Å²) in [5.41, 5.74) is 2.08. The number of halogens is 2. The van der Waals surface area contributed by atoms with Crippen molar-refractivity contribution in [2.45, 2.75) is 16.6 Å². The van der Waals surface area contributed by atoms with Crippen LogP contribution in [0.4, 0.5) is 17.1 Å². The number of thiocarbonyl (C=S) groups is 1. The van der Waals surface area contributed by atoms with Crippen molar-refractivity contribution in [1.82, 2.24) is 0 Å². The second-order valence-corrected chi connectivity index (χ2v) is 9.45. The predicted octanol–water partition coefficient (Wildman–Crippen LogP) is 6.23. The van der Waals surface area contributed by atoms with Crippen LogP contribution in [0.2, 0.25) is 10.0 Å². The summed E-state index contributed by atoms with van der Waals surface area (Å²) in [6.07, 6.45) is 0.107. The van der Waals surface area contributed by atoms with Gasteiger partial charge in [-0.1, -0.05) is 47.5 Å². The van der Waals surface area contributed by atoms with Gasteiger partial charge in [0.15, 0.2) is 5.11 Å². The minimum Gasteiger partial charge on any atom is -0.332 e. The molecule has 0 aromatic heterocycles. The molecular formula is C23H17Cl2N3O2S2. The molecule has 162 valence electrons. The first-order chi connectivity index (χ1) is 15.4. The van der Waals surface area contributed by atoms with Gasteiger partial charge in [-0.2, -0.15) is 0 Å². The lowest BCUT2D eigenvalue weighted by Crippen LogP contribution is -2.31. The average molecular weight is 502 g/mol. The molecule has 32 heavy (non-hydrogen) atoms. The van der Waals surface area contributed by atoms with E-state index in [-0.39, 0.29) is 18.2 Å². The van der Waals surface area contributed by atoms with Gasteiger partial charge in [0.1, 0.15) is 0 Å². The van der Waals surface area contributed by atoms with E-state index in [1.165, 1.54) is 22.7 Å². The van der Waals surface area contributed by atoms with E-state index in [1.54, 1.807) is 12.1 Å². The summed E-state index contributed by atoms with van der Waals surface area (Å²) in [4.78, 5) is 27.5. The van der Waals surface area contributed by atoms with E-state index in [2.05, 4.69) is 10.6 Å². The van der Waals surface area contributed by atoms with Gasteiger partial charge in [-0.15, -0.1) is 11.8 Å². The second kappa shape index (κ2) is 9.92. The number of amides is 2. The maximum Gasteiger partial charge on any atom is 0.247 e. The highest BCUT2D eigenvalue weighted by molar-refractivity contribution is 8.00. The Labute approximate surface area is 205 Å². The van der Waals surface area contributed by atoms with Crippen LogP contribution in [0.3, 0.4) is 0 Å². The first-order valence-electron chi connectivity index (χ1n) is 9.62. The molecule has 0 aliphatic carbocycles. The van der Waals surface area contributed by atoms with E-state index in [0.29, 0.717) is 20.8 Å². The fourth-order valence-corrected chi connectivity index (χ4v) is 4.86. The average Bonchev–Trinajstić information content (AvgIpc) is 3.04. The van der Waals surface area contributed by atoms with Crippen molar-refractivity contribution in [3.8, 4) is 0 Å². The number of nitrogens with one attached hydrogen (secondary N) is 2. The Hall–Kier alpha value is -2.58. The summed E-state index contributed by atoms with van der Waals surface area (Å²) in [5.74, 6) is -0.550. The highest BCUT2D eigenvalue weighted by Gasteiger charge is 2.40. The number of para-hydroxylation sites is 1. The lowest BCUT2D eigenvalue weighted by Gasteiger charge is -2.16. The Morgan fingerprint density at radius 3 is 2.38 bits per heavy atom. The molecule has 4 rings (SSSR count). The quantitative estimate of drug-likeness (QED) is 0.319. The van der Waals surface area contributed by atoms with E-state index in [9.17, 15) is 9.59 Å². The van der Waals surface area contributed by atoms with Crippen molar-refractivity contribution < 1.29 is 9.59 Å². The molecular weight excluding hydrogens is 485 g/mol. The highest BCUT2D eigenvalue weighted by Crippen LogP contribution is 2.36. The van der Waals surface area contributed by atoms with Gasteiger partial charge in [-0.05, 0) is 60.7 Å². The fraction of sp³-hybridized carbons (Fsp3) is 0.0870. The number of carbonyl (C=O) groups is 2. The molecule has 1 heterocycles. The van der Waals surface area contributed by atoms with Crippen LogP contribution in [0.5, 0.6) is 0 Å². The predicted molar refractivity (Wildman–Crippen MR) is 136 cm³/mol. The molecule has 1 fully saturated rings. The van der Waals surface area contributed by atoms with E-state index < -0.39 is 5.25 Å². The Kier molecular flexibility index (Phi) is 7.01. The summed E-state index contributed by atoms with van der Waals surface area (Å²) in [6.45, 7) is 0. The zero-order valence-corrected chi connectivity index (χ0v) is 19.7. The van der Waals surface area contributed by atoms with E-state index in [0.717, 1.165) is 16.3 Å². The van der Waals surface area contributed by atoms with Gasteiger partial charge in [0.05, 0.1) is 21.0 Å². The topological polar surface area (TPSA) is 61.4 Å². The van der Waals surface area contributed by atoms with Gasteiger partial charge >= 0.3 is 0 Å². The molecule has 3 aromatic carbocycles. The number of anilines is 3. The largest absolute Gasteiger partial charge is 0.332 e. The fourth-order valence-electron chi connectivity index (χ4n) is 3.22. The van der Waals surface area contributed by atoms with E-state index >= 15 is 0 Å². The summed E-state index contributed by atoms with van der Waals surface area (Å²) < 4.78 is 0. The number of benzene rings is 3.